The molecule has 0 aliphatic carbocycles. The summed E-state index contributed by atoms with van der Waals surface area (Å²) in [6.45, 7) is 1.48. The molecule has 0 unspecified atom stereocenters. The van der Waals surface area contributed by atoms with Crippen LogP contribution in [-0.2, 0) is 28.4 Å². The van der Waals surface area contributed by atoms with Gasteiger partial charge in [0.1, 0.15) is 0 Å². The van der Waals surface area contributed by atoms with E-state index in [-0.39, 0.29) is 4.90 Å². The summed E-state index contributed by atoms with van der Waals surface area (Å²) in [4.78, 5) is 0.271. The molecule has 1 rings (SSSR count). The number of sulfonamides is 1. The molecule has 0 amide bonds. The van der Waals surface area contributed by atoms with E-state index in [0.717, 1.165) is 25.0 Å². The van der Waals surface area contributed by atoms with E-state index in [2.05, 4.69) is 4.72 Å². The molecule has 0 aromatic carbocycles. The Hall–Kier alpha value is -0.890. The van der Waals surface area contributed by atoms with E-state index in [4.69, 9.17) is 10.5 Å². The molecule has 0 aliphatic heterocycles. The number of ether oxygens (including phenoxy) is 1. The molecule has 1 aromatic heterocycles. The Morgan fingerprint density at radius 3 is 2.68 bits per heavy atom. The molecule has 0 spiro atoms. The van der Waals surface area contributed by atoms with E-state index in [1.807, 2.05) is 0 Å². The van der Waals surface area contributed by atoms with Gasteiger partial charge in [0.05, 0.1) is 4.90 Å². The van der Waals surface area contributed by atoms with Crippen molar-refractivity contribution in [3.8, 4) is 0 Å². The molecule has 19 heavy (non-hydrogen) atoms. The highest BCUT2D eigenvalue weighted by atomic mass is 32.2. The zero-order chi connectivity index (χ0) is 14.3. The number of rotatable bonds is 9. The lowest BCUT2D eigenvalue weighted by atomic mass is 10.2. The highest BCUT2D eigenvalue weighted by molar-refractivity contribution is 7.89. The number of nitrogens with one attached hydrogen (secondary N) is 1. The van der Waals surface area contributed by atoms with Crippen molar-refractivity contribution in [2.45, 2.75) is 30.7 Å². The molecule has 0 saturated heterocycles. The molecule has 0 aliphatic rings. The fourth-order valence-corrected chi connectivity index (χ4v) is 2.93. The van der Waals surface area contributed by atoms with Crippen molar-refractivity contribution < 1.29 is 13.2 Å². The van der Waals surface area contributed by atoms with Crippen molar-refractivity contribution in [2.24, 2.45) is 12.8 Å². The Kier molecular flexibility index (Phi) is 6.50. The maximum atomic E-state index is 12.0. The summed E-state index contributed by atoms with van der Waals surface area (Å²) in [5, 5.41) is 0. The highest BCUT2D eigenvalue weighted by Crippen LogP contribution is 2.12. The smallest absolute Gasteiger partial charge is 0.242 e. The van der Waals surface area contributed by atoms with Gasteiger partial charge in [-0.3, -0.25) is 0 Å². The van der Waals surface area contributed by atoms with Gasteiger partial charge in [0.15, 0.2) is 0 Å². The molecule has 1 aromatic rings. The Balaban J connectivity index is 2.47. The van der Waals surface area contributed by atoms with Gasteiger partial charge in [-0.25, -0.2) is 13.1 Å². The quantitative estimate of drug-likeness (QED) is 0.651. The molecule has 1 heterocycles. The van der Waals surface area contributed by atoms with Crippen LogP contribution in [0.5, 0.6) is 0 Å². The molecule has 7 heteroatoms. The van der Waals surface area contributed by atoms with Gasteiger partial charge in [-0.2, -0.15) is 0 Å². The molecule has 0 bridgehead atoms. The molecule has 0 fully saturated rings. The lowest BCUT2D eigenvalue weighted by Gasteiger charge is -2.04. The first kappa shape index (κ1) is 16.2. The Bertz CT molecular complexity index is 482. The standard InChI is InChI=1S/C12H23N3O3S/c1-15-10-12(8-11(15)9-13)19(16,17)14-6-4-3-5-7-18-2/h8,10,14H,3-7,9,13H2,1-2H3. The zero-order valence-corrected chi connectivity index (χ0v) is 12.4. The topological polar surface area (TPSA) is 86.3 Å². The van der Waals surface area contributed by atoms with Gasteiger partial charge in [-0.1, -0.05) is 0 Å². The van der Waals surface area contributed by atoms with Crippen LogP contribution in [-0.4, -0.2) is 33.2 Å². The monoisotopic (exact) mass is 289 g/mol. The van der Waals surface area contributed by atoms with Crippen LogP contribution in [0.3, 0.4) is 0 Å². The molecular formula is C12H23N3O3S. The SMILES string of the molecule is COCCCCCNS(=O)(=O)c1cc(CN)n(C)c1. The first-order valence-corrected chi connectivity index (χ1v) is 7.83. The summed E-state index contributed by atoms with van der Waals surface area (Å²) in [5.41, 5.74) is 6.32. The van der Waals surface area contributed by atoms with Crippen molar-refractivity contribution in [3.05, 3.63) is 18.0 Å². The average Bonchev–Trinajstić information content (AvgIpc) is 2.76. The number of hydrogen-bond donors (Lipinski definition) is 2. The van der Waals surface area contributed by atoms with Gasteiger partial charge in [-0.15, -0.1) is 0 Å². The van der Waals surface area contributed by atoms with Crippen LogP contribution < -0.4 is 10.5 Å². The number of methoxy groups -OCH3 is 1. The van der Waals surface area contributed by atoms with Crippen LogP contribution in [0.2, 0.25) is 0 Å². The van der Waals surface area contributed by atoms with Crippen LogP contribution in [0.15, 0.2) is 17.2 Å². The van der Waals surface area contributed by atoms with Gasteiger partial charge < -0.3 is 15.0 Å². The second-order valence-corrected chi connectivity index (χ2v) is 6.20. The molecule has 0 saturated carbocycles. The summed E-state index contributed by atoms with van der Waals surface area (Å²) < 4.78 is 33.3. The largest absolute Gasteiger partial charge is 0.385 e. The third-order valence-electron chi connectivity index (χ3n) is 2.92. The maximum Gasteiger partial charge on any atom is 0.242 e. The minimum absolute atomic E-state index is 0.271. The van der Waals surface area contributed by atoms with E-state index in [1.54, 1.807) is 31.0 Å². The van der Waals surface area contributed by atoms with Crippen LogP contribution in [0.25, 0.3) is 0 Å². The van der Waals surface area contributed by atoms with Gasteiger partial charge in [0.2, 0.25) is 10.0 Å². The van der Waals surface area contributed by atoms with Crippen LogP contribution >= 0.6 is 0 Å². The highest BCUT2D eigenvalue weighted by Gasteiger charge is 2.16. The minimum Gasteiger partial charge on any atom is -0.385 e. The first-order chi connectivity index (χ1) is 9.01. The molecule has 0 atom stereocenters. The summed E-state index contributed by atoms with van der Waals surface area (Å²) in [7, 11) is 0.0211. The van der Waals surface area contributed by atoms with Gasteiger partial charge in [0.25, 0.3) is 0 Å². The third-order valence-corrected chi connectivity index (χ3v) is 4.35. The van der Waals surface area contributed by atoms with Crippen LogP contribution in [0.1, 0.15) is 25.0 Å². The average molecular weight is 289 g/mol. The predicted molar refractivity (Wildman–Crippen MR) is 74.2 cm³/mol. The summed E-state index contributed by atoms with van der Waals surface area (Å²) in [5.74, 6) is 0. The van der Waals surface area contributed by atoms with Gasteiger partial charge in [-0.05, 0) is 25.3 Å². The number of aryl methyl sites for hydroxylation is 1. The minimum atomic E-state index is -3.42. The van der Waals surface area contributed by atoms with E-state index in [0.29, 0.717) is 19.7 Å². The number of aromatic nitrogens is 1. The molecule has 3 N–H and O–H groups in total. The fourth-order valence-electron chi connectivity index (χ4n) is 1.76. The van der Waals surface area contributed by atoms with Crippen molar-refractivity contribution in [1.29, 1.82) is 0 Å². The van der Waals surface area contributed by atoms with Crippen molar-refractivity contribution in [1.82, 2.24) is 9.29 Å². The Morgan fingerprint density at radius 2 is 2.11 bits per heavy atom. The molecule has 110 valence electrons. The lowest BCUT2D eigenvalue weighted by molar-refractivity contribution is 0.192. The molecule has 6 nitrogen and oxygen atoms in total. The lowest BCUT2D eigenvalue weighted by Crippen LogP contribution is -2.24. The van der Waals surface area contributed by atoms with Crippen molar-refractivity contribution in [3.63, 3.8) is 0 Å². The zero-order valence-electron chi connectivity index (χ0n) is 11.6. The fraction of sp³-hybridized carbons (Fsp3) is 0.667. The Morgan fingerprint density at radius 1 is 1.37 bits per heavy atom. The molecule has 0 radical (unpaired) electrons. The second kappa shape index (κ2) is 7.64. The van der Waals surface area contributed by atoms with Crippen molar-refractivity contribution in [2.75, 3.05) is 20.3 Å². The van der Waals surface area contributed by atoms with Crippen molar-refractivity contribution >= 4 is 10.0 Å². The number of hydrogen-bond acceptors (Lipinski definition) is 4. The third kappa shape index (κ3) is 4.94. The summed E-state index contributed by atoms with van der Waals surface area (Å²) >= 11 is 0. The van der Waals surface area contributed by atoms with E-state index in [9.17, 15) is 8.42 Å². The number of unbranched alkanes of at least 4 members (excludes halogenated alkanes) is 2. The number of nitrogens with zero attached hydrogens (tertiary/aromatic N) is 1. The maximum absolute atomic E-state index is 12.0. The Labute approximate surface area is 115 Å². The first-order valence-electron chi connectivity index (χ1n) is 6.35. The number of nitrogens with two attached hydrogens (primary N) is 1. The second-order valence-electron chi connectivity index (χ2n) is 4.43. The van der Waals surface area contributed by atoms with E-state index >= 15 is 0 Å². The summed E-state index contributed by atoms with van der Waals surface area (Å²) in [6, 6.07) is 1.60. The van der Waals surface area contributed by atoms with Gasteiger partial charge >= 0.3 is 0 Å². The van der Waals surface area contributed by atoms with E-state index < -0.39 is 10.0 Å². The van der Waals surface area contributed by atoms with E-state index in [1.165, 1.54) is 0 Å². The predicted octanol–water partition coefficient (Wildman–Crippen LogP) is 0.579. The van der Waals surface area contributed by atoms with Crippen LogP contribution in [0, 0.1) is 0 Å². The van der Waals surface area contributed by atoms with Gasteiger partial charge in [0, 0.05) is 45.7 Å². The van der Waals surface area contributed by atoms with Crippen LogP contribution in [0.4, 0.5) is 0 Å². The normalized spacial score (nSPS) is 11.9. The summed E-state index contributed by atoms with van der Waals surface area (Å²) in [6.07, 6.45) is 4.27. The molecular weight excluding hydrogens is 266 g/mol.